The Hall–Kier alpha value is -1.16. The smallest absolute Gasteiger partial charge is 0.224 e. The van der Waals surface area contributed by atoms with E-state index in [-0.39, 0.29) is 11.7 Å². The Balaban J connectivity index is 1.79. The minimum atomic E-state index is 0.0535. The molecular weight excluding hydrogens is 258 g/mol. The van der Waals surface area contributed by atoms with Crippen molar-refractivity contribution in [2.75, 3.05) is 5.75 Å². The van der Waals surface area contributed by atoms with Gasteiger partial charge in [-0.05, 0) is 42.7 Å². The Kier molecular flexibility index (Phi) is 5.14. The number of carbonyl (C=O) groups is 1. The molecule has 0 heterocycles. The largest absolute Gasteiger partial charge is 0.508 e. The topological polar surface area (TPSA) is 49.3 Å². The van der Waals surface area contributed by atoms with Crippen molar-refractivity contribution in [2.45, 2.75) is 43.9 Å². The fraction of sp³-hybridized carbons (Fsp3) is 0.533. The van der Waals surface area contributed by atoms with E-state index in [1.54, 1.807) is 18.2 Å². The zero-order chi connectivity index (χ0) is 13.7. The fourth-order valence-corrected chi connectivity index (χ4v) is 3.73. The molecule has 0 bridgehead atoms. The first-order valence-electron chi connectivity index (χ1n) is 6.86. The van der Waals surface area contributed by atoms with Crippen LogP contribution in [0.2, 0.25) is 0 Å². The Labute approximate surface area is 118 Å². The summed E-state index contributed by atoms with van der Waals surface area (Å²) in [6.07, 6.45) is 3.72. The van der Waals surface area contributed by atoms with Crippen molar-refractivity contribution in [3.8, 4) is 5.75 Å². The molecule has 1 amide bonds. The predicted molar refractivity (Wildman–Crippen MR) is 79.5 cm³/mol. The lowest BCUT2D eigenvalue weighted by Gasteiger charge is -2.13. The third-order valence-corrected chi connectivity index (χ3v) is 4.66. The molecule has 2 N–H and O–H groups in total. The van der Waals surface area contributed by atoms with Gasteiger partial charge < -0.3 is 10.4 Å². The molecule has 1 aliphatic carbocycles. The van der Waals surface area contributed by atoms with E-state index in [0.29, 0.717) is 17.7 Å². The summed E-state index contributed by atoms with van der Waals surface area (Å²) in [4.78, 5) is 11.9. The number of benzene rings is 1. The lowest BCUT2D eigenvalue weighted by atomic mass is 10.1. The molecular formula is C15H21NO2S. The number of phenols is 1. The maximum absolute atomic E-state index is 11.9. The average molecular weight is 279 g/mol. The third-order valence-electron chi connectivity index (χ3n) is 3.43. The maximum atomic E-state index is 11.9. The molecule has 0 radical (unpaired) electrons. The molecule has 1 aromatic carbocycles. The zero-order valence-corrected chi connectivity index (χ0v) is 12.1. The quantitative estimate of drug-likeness (QED) is 0.871. The number of thioether (sulfide) groups is 1. The van der Waals surface area contributed by atoms with Gasteiger partial charge >= 0.3 is 0 Å². The number of hydrogen-bond acceptors (Lipinski definition) is 3. The highest BCUT2D eigenvalue weighted by molar-refractivity contribution is 7.99. The van der Waals surface area contributed by atoms with Crippen LogP contribution in [-0.2, 0) is 11.2 Å². The molecule has 4 heteroatoms. The highest BCUT2D eigenvalue weighted by atomic mass is 32.2. The molecule has 3 nitrogen and oxygen atoms in total. The molecule has 2 atom stereocenters. The van der Waals surface area contributed by atoms with Crippen LogP contribution in [0.3, 0.4) is 0 Å². The van der Waals surface area contributed by atoms with E-state index < -0.39 is 0 Å². The van der Waals surface area contributed by atoms with Crippen molar-refractivity contribution in [1.82, 2.24) is 5.32 Å². The Morgan fingerprint density at radius 1 is 1.47 bits per heavy atom. The van der Waals surface area contributed by atoms with E-state index in [1.165, 1.54) is 6.42 Å². The molecule has 2 rings (SSSR count). The van der Waals surface area contributed by atoms with Crippen molar-refractivity contribution < 1.29 is 9.90 Å². The monoisotopic (exact) mass is 279 g/mol. The number of hydrogen-bond donors (Lipinski definition) is 2. The van der Waals surface area contributed by atoms with E-state index in [9.17, 15) is 9.90 Å². The molecule has 1 aliphatic rings. The number of nitrogens with one attached hydrogen (secondary N) is 1. The standard InChI is InChI=1S/C15H21NO2S/c1-2-19-14-7-6-12(10-14)16-15(18)9-11-4-3-5-13(17)8-11/h3-5,8,12,14,17H,2,6-7,9-10H2,1H3,(H,16,18). The summed E-state index contributed by atoms with van der Waals surface area (Å²) < 4.78 is 0. The number of rotatable bonds is 5. The summed E-state index contributed by atoms with van der Waals surface area (Å²) in [5, 5.41) is 13.2. The molecule has 1 aromatic rings. The van der Waals surface area contributed by atoms with Crippen LogP contribution in [0.4, 0.5) is 0 Å². The highest BCUT2D eigenvalue weighted by Crippen LogP contribution is 2.29. The summed E-state index contributed by atoms with van der Waals surface area (Å²) >= 11 is 1.99. The molecule has 0 spiro atoms. The van der Waals surface area contributed by atoms with Crippen molar-refractivity contribution >= 4 is 17.7 Å². The van der Waals surface area contributed by atoms with Gasteiger partial charge in [0, 0.05) is 11.3 Å². The second kappa shape index (κ2) is 6.85. The van der Waals surface area contributed by atoms with Gasteiger partial charge in [0.1, 0.15) is 5.75 Å². The SMILES string of the molecule is CCSC1CCC(NC(=O)Cc2cccc(O)c2)C1. The first kappa shape index (κ1) is 14.3. The van der Waals surface area contributed by atoms with Crippen molar-refractivity contribution in [3.05, 3.63) is 29.8 Å². The van der Waals surface area contributed by atoms with Gasteiger partial charge in [-0.3, -0.25) is 4.79 Å². The normalized spacial score (nSPS) is 22.4. The van der Waals surface area contributed by atoms with Crippen molar-refractivity contribution in [1.29, 1.82) is 0 Å². The molecule has 0 saturated heterocycles. The summed E-state index contributed by atoms with van der Waals surface area (Å²) in [6, 6.07) is 7.22. The van der Waals surface area contributed by atoms with E-state index in [4.69, 9.17) is 0 Å². The molecule has 1 saturated carbocycles. The lowest BCUT2D eigenvalue weighted by Crippen LogP contribution is -2.34. The molecule has 2 unspecified atom stereocenters. The zero-order valence-electron chi connectivity index (χ0n) is 11.3. The average Bonchev–Trinajstić information content (AvgIpc) is 2.77. The molecule has 19 heavy (non-hydrogen) atoms. The van der Waals surface area contributed by atoms with Gasteiger partial charge in [0.05, 0.1) is 6.42 Å². The van der Waals surface area contributed by atoms with Gasteiger partial charge in [0.15, 0.2) is 0 Å². The minimum absolute atomic E-state index is 0.0535. The van der Waals surface area contributed by atoms with Gasteiger partial charge in [0.25, 0.3) is 0 Å². The van der Waals surface area contributed by atoms with Crippen LogP contribution in [0.25, 0.3) is 0 Å². The Bertz CT molecular complexity index is 436. The van der Waals surface area contributed by atoms with Crippen molar-refractivity contribution in [2.24, 2.45) is 0 Å². The minimum Gasteiger partial charge on any atom is -0.508 e. The first-order valence-corrected chi connectivity index (χ1v) is 7.91. The van der Waals surface area contributed by atoms with Crippen LogP contribution in [0.5, 0.6) is 5.75 Å². The number of phenolic OH excluding ortho intramolecular Hbond substituents is 1. The molecule has 0 aromatic heterocycles. The summed E-state index contributed by atoms with van der Waals surface area (Å²) in [5.41, 5.74) is 0.856. The van der Waals surface area contributed by atoms with Gasteiger partial charge in [-0.2, -0.15) is 11.8 Å². The van der Waals surface area contributed by atoms with Crippen LogP contribution in [0, 0.1) is 0 Å². The lowest BCUT2D eigenvalue weighted by molar-refractivity contribution is -0.121. The van der Waals surface area contributed by atoms with Gasteiger partial charge in [0.2, 0.25) is 5.91 Å². The number of carbonyl (C=O) groups excluding carboxylic acids is 1. The summed E-state index contributed by atoms with van der Waals surface area (Å²) in [7, 11) is 0. The van der Waals surface area contributed by atoms with Crippen molar-refractivity contribution in [3.63, 3.8) is 0 Å². The number of amides is 1. The Morgan fingerprint density at radius 3 is 3.05 bits per heavy atom. The van der Waals surface area contributed by atoms with Gasteiger partial charge in [-0.15, -0.1) is 0 Å². The predicted octanol–water partition coefficient (Wildman–Crippen LogP) is 2.73. The summed E-state index contributed by atoms with van der Waals surface area (Å²) in [5.74, 6) is 1.41. The van der Waals surface area contributed by atoms with E-state index in [2.05, 4.69) is 12.2 Å². The highest BCUT2D eigenvalue weighted by Gasteiger charge is 2.25. The van der Waals surface area contributed by atoms with Gasteiger partial charge in [-0.25, -0.2) is 0 Å². The summed E-state index contributed by atoms with van der Waals surface area (Å²) in [6.45, 7) is 2.18. The molecule has 0 aliphatic heterocycles. The van der Waals surface area contributed by atoms with Crippen LogP contribution < -0.4 is 5.32 Å². The molecule has 104 valence electrons. The second-order valence-corrected chi connectivity index (χ2v) is 6.58. The van der Waals surface area contributed by atoms with E-state index in [1.807, 2.05) is 17.8 Å². The van der Waals surface area contributed by atoms with E-state index >= 15 is 0 Å². The van der Waals surface area contributed by atoms with Gasteiger partial charge in [-0.1, -0.05) is 19.1 Å². The van der Waals surface area contributed by atoms with Crippen LogP contribution in [0.15, 0.2) is 24.3 Å². The first-order chi connectivity index (χ1) is 9.17. The van der Waals surface area contributed by atoms with Crippen LogP contribution in [0.1, 0.15) is 31.7 Å². The number of aromatic hydroxyl groups is 1. The fourth-order valence-electron chi connectivity index (χ4n) is 2.59. The maximum Gasteiger partial charge on any atom is 0.224 e. The Morgan fingerprint density at radius 2 is 2.32 bits per heavy atom. The second-order valence-electron chi connectivity index (χ2n) is 5.00. The third kappa shape index (κ3) is 4.46. The molecule has 1 fully saturated rings. The van der Waals surface area contributed by atoms with E-state index in [0.717, 1.165) is 24.2 Å². The van der Waals surface area contributed by atoms with Crippen LogP contribution in [-0.4, -0.2) is 28.1 Å². The van der Waals surface area contributed by atoms with Crippen LogP contribution >= 0.6 is 11.8 Å².